The van der Waals surface area contributed by atoms with E-state index in [1.807, 2.05) is 0 Å². The second-order valence-corrected chi connectivity index (χ2v) is 4.53. The van der Waals surface area contributed by atoms with Gasteiger partial charge in [-0.25, -0.2) is 0 Å². The van der Waals surface area contributed by atoms with E-state index in [0.29, 0.717) is 6.04 Å². The molecule has 1 aliphatic heterocycles. The molecule has 0 spiro atoms. The predicted octanol–water partition coefficient (Wildman–Crippen LogP) is 1.72. The van der Waals surface area contributed by atoms with Gasteiger partial charge in [-0.3, -0.25) is 0 Å². The molecule has 3 nitrogen and oxygen atoms in total. The maximum atomic E-state index is 5.46. The van der Waals surface area contributed by atoms with Crippen LogP contribution in [0.4, 0.5) is 5.69 Å². The van der Waals surface area contributed by atoms with E-state index in [4.69, 9.17) is 4.74 Å². The van der Waals surface area contributed by atoms with Crippen LogP contribution in [-0.2, 0) is 0 Å². The third kappa shape index (κ3) is 1.87. The maximum absolute atomic E-state index is 5.46. The molecular formula is C13H20N2O. The molecule has 16 heavy (non-hydrogen) atoms. The number of rotatable bonds is 3. The Balaban J connectivity index is 2.33. The van der Waals surface area contributed by atoms with Crippen LogP contribution in [0.5, 0.6) is 5.75 Å². The number of methoxy groups -OCH3 is 1. The molecule has 0 saturated carbocycles. The van der Waals surface area contributed by atoms with Gasteiger partial charge < -0.3 is 15.0 Å². The summed E-state index contributed by atoms with van der Waals surface area (Å²) in [5.41, 5.74) is 3.78. The fourth-order valence-corrected chi connectivity index (χ4v) is 1.96. The molecule has 3 heteroatoms. The second kappa shape index (κ2) is 4.34. The highest BCUT2D eigenvalue weighted by Crippen LogP contribution is 2.32. The summed E-state index contributed by atoms with van der Waals surface area (Å²) >= 11 is 0. The standard InChI is InChI=1S/C13H20N2O/c1-9-5-12(13(16-4)6-10(9)2)15(3)11-7-14-8-11/h5-6,11,14H,7-8H2,1-4H3. The van der Waals surface area contributed by atoms with Crippen LogP contribution in [-0.4, -0.2) is 33.3 Å². The Morgan fingerprint density at radius 3 is 2.38 bits per heavy atom. The lowest BCUT2D eigenvalue weighted by Crippen LogP contribution is -2.56. The molecule has 1 saturated heterocycles. The van der Waals surface area contributed by atoms with Gasteiger partial charge in [0.05, 0.1) is 18.8 Å². The molecule has 2 rings (SSSR count). The van der Waals surface area contributed by atoms with E-state index in [1.54, 1.807) is 7.11 Å². The smallest absolute Gasteiger partial charge is 0.142 e. The highest BCUT2D eigenvalue weighted by molar-refractivity contribution is 5.62. The zero-order chi connectivity index (χ0) is 11.7. The number of benzene rings is 1. The molecular weight excluding hydrogens is 200 g/mol. The number of anilines is 1. The van der Waals surface area contributed by atoms with Crippen molar-refractivity contribution in [2.24, 2.45) is 0 Å². The third-order valence-electron chi connectivity index (χ3n) is 3.48. The van der Waals surface area contributed by atoms with Gasteiger partial charge in [0, 0.05) is 20.1 Å². The minimum atomic E-state index is 0.594. The van der Waals surface area contributed by atoms with Crippen molar-refractivity contribution < 1.29 is 4.74 Å². The van der Waals surface area contributed by atoms with Gasteiger partial charge >= 0.3 is 0 Å². The molecule has 1 aliphatic rings. The van der Waals surface area contributed by atoms with Crippen molar-refractivity contribution in [3.05, 3.63) is 23.3 Å². The topological polar surface area (TPSA) is 24.5 Å². The van der Waals surface area contributed by atoms with Crippen molar-refractivity contribution in [3.63, 3.8) is 0 Å². The van der Waals surface area contributed by atoms with Crippen LogP contribution < -0.4 is 15.0 Å². The Hall–Kier alpha value is -1.22. The van der Waals surface area contributed by atoms with Crippen molar-refractivity contribution in [1.82, 2.24) is 5.32 Å². The summed E-state index contributed by atoms with van der Waals surface area (Å²) in [4.78, 5) is 2.31. The van der Waals surface area contributed by atoms with E-state index < -0.39 is 0 Å². The van der Waals surface area contributed by atoms with Gasteiger partial charge in [0.1, 0.15) is 5.75 Å². The summed E-state index contributed by atoms with van der Waals surface area (Å²) in [7, 11) is 3.87. The number of hydrogen-bond donors (Lipinski definition) is 1. The second-order valence-electron chi connectivity index (χ2n) is 4.53. The van der Waals surface area contributed by atoms with Crippen LogP contribution in [0.15, 0.2) is 12.1 Å². The molecule has 1 aromatic carbocycles. The first-order chi connectivity index (χ1) is 7.63. The Morgan fingerprint density at radius 1 is 1.25 bits per heavy atom. The van der Waals surface area contributed by atoms with Gasteiger partial charge in [0.15, 0.2) is 0 Å². The zero-order valence-corrected chi connectivity index (χ0v) is 10.5. The van der Waals surface area contributed by atoms with Gasteiger partial charge in [0.25, 0.3) is 0 Å². The Morgan fingerprint density at radius 2 is 1.88 bits per heavy atom. The van der Waals surface area contributed by atoms with Crippen LogP contribution in [0.3, 0.4) is 0 Å². The molecule has 0 unspecified atom stereocenters. The lowest BCUT2D eigenvalue weighted by atomic mass is 10.1. The normalized spacial score (nSPS) is 15.8. The number of likely N-dealkylation sites (N-methyl/N-ethyl adjacent to an activating group) is 1. The molecule has 1 fully saturated rings. The van der Waals surface area contributed by atoms with Crippen molar-refractivity contribution in [2.45, 2.75) is 19.9 Å². The molecule has 1 aromatic rings. The Kier molecular flexibility index (Phi) is 3.06. The molecule has 0 radical (unpaired) electrons. The minimum absolute atomic E-state index is 0.594. The Bertz CT molecular complexity index is 386. The van der Waals surface area contributed by atoms with Gasteiger partial charge in [-0.1, -0.05) is 0 Å². The van der Waals surface area contributed by atoms with Gasteiger partial charge in [-0.2, -0.15) is 0 Å². The molecule has 0 bridgehead atoms. The van der Waals surface area contributed by atoms with Gasteiger partial charge in [0.2, 0.25) is 0 Å². The average molecular weight is 220 g/mol. The van der Waals surface area contributed by atoms with E-state index in [-0.39, 0.29) is 0 Å². The fraction of sp³-hybridized carbons (Fsp3) is 0.538. The number of aryl methyl sites for hydroxylation is 2. The van der Waals surface area contributed by atoms with Crippen molar-refractivity contribution in [2.75, 3.05) is 32.1 Å². The molecule has 1 heterocycles. The van der Waals surface area contributed by atoms with Crippen LogP contribution in [0.1, 0.15) is 11.1 Å². The molecule has 0 aliphatic carbocycles. The highest BCUT2D eigenvalue weighted by Gasteiger charge is 2.24. The average Bonchev–Trinajstić information content (AvgIpc) is 2.18. The largest absolute Gasteiger partial charge is 0.495 e. The first-order valence-corrected chi connectivity index (χ1v) is 5.72. The fourth-order valence-electron chi connectivity index (χ4n) is 1.96. The van der Waals surface area contributed by atoms with Crippen LogP contribution in [0, 0.1) is 13.8 Å². The summed E-state index contributed by atoms with van der Waals surface area (Å²) in [6, 6.07) is 4.93. The molecule has 0 atom stereocenters. The molecule has 88 valence electrons. The SMILES string of the molecule is COc1cc(C)c(C)cc1N(C)C1CNC1. The maximum Gasteiger partial charge on any atom is 0.142 e. The first kappa shape index (κ1) is 11.3. The molecule has 1 N–H and O–H groups in total. The Labute approximate surface area is 97.4 Å². The van der Waals surface area contributed by atoms with E-state index in [2.05, 4.69) is 43.2 Å². The van der Waals surface area contributed by atoms with E-state index in [9.17, 15) is 0 Å². The van der Waals surface area contributed by atoms with Crippen LogP contribution in [0.2, 0.25) is 0 Å². The summed E-state index contributed by atoms with van der Waals surface area (Å²) < 4.78 is 5.46. The quantitative estimate of drug-likeness (QED) is 0.839. The number of ether oxygens (including phenoxy) is 1. The summed E-state index contributed by atoms with van der Waals surface area (Å²) in [5.74, 6) is 0.970. The zero-order valence-electron chi connectivity index (χ0n) is 10.5. The monoisotopic (exact) mass is 220 g/mol. The highest BCUT2D eigenvalue weighted by atomic mass is 16.5. The minimum Gasteiger partial charge on any atom is -0.495 e. The van der Waals surface area contributed by atoms with Crippen LogP contribution in [0.25, 0.3) is 0 Å². The summed E-state index contributed by atoms with van der Waals surface area (Å²) in [5, 5.41) is 3.29. The lowest BCUT2D eigenvalue weighted by Gasteiger charge is -2.38. The number of hydrogen-bond acceptors (Lipinski definition) is 3. The van der Waals surface area contributed by atoms with Crippen molar-refractivity contribution in [1.29, 1.82) is 0 Å². The van der Waals surface area contributed by atoms with E-state index in [0.717, 1.165) is 18.8 Å². The summed E-state index contributed by atoms with van der Waals surface area (Å²) in [6.07, 6.45) is 0. The van der Waals surface area contributed by atoms with Crippen molar-refractivity contribution in [3.8, 4) is 5.75 Å². The first-order valence-electron chi connectivity index (χ1n) is 5.72. The molecule has 0 aromatic heterocycles. The van der Waals surface area contributed by atoms with Crippen LogP contribution >= 0.6 is 0 Å². The lowest BCUT2D eigenvalue weighted by molar-refractivity contribution is 0.400. The molecule has 0 amide bonds. The summed E-state index contributed by atoms with van der Waals surface area (Å²) in [6.45, 7) is 6.39. The predicted molar refractivity (Wildman–Crippen MR) is 67.5 cm³/mol. The number of nitrogens with one attached hydrogen (secondary N) is 1. The van der Waals surface area contributed by atoms with Gasteiger partial charge in [-0.15, -0.1) is 0 Å². The van der Waals surface area contributed by atoms with Crippen molar-refractivity contribution >= 4 is 5.69 Å². The van der Waals surface area contributed by atoms with Gasteiger partial charge in [-0.05, 0) is 37.1 Å². The third-order valence-corrected chi connectivity index (χ3v) is 3.48. The van der Waals surface area contributed by atoms with E-state index in [1.165, 1.54) is 16.8 Å². The van der Waals surface area contributed by atoms with E-state index >= 15 is 0 Å². The number of nitrogens with zero attached hydrogens (tertiary/aromatic N) is 1.